The summed E-state index contributed by atoms with van der Waals surface area (Å²) < 4.78 is 5.27. The lowest BCUT2D eigenvalue weighted by molar-refractivity contribution is -0.122. The smallest absolute Gasteiger partial charge is 0.339 e. The zero-order valence-electron chi connectivity index (χ0n) is 17.1. The molecule has 1 fully saturated rings. The highest BCUT2D eigenvalue weighted by molar-refractivity contribution is 6.34. The summed E-state index contributed by atoms with van der Waals surface area (Å²) >= 11 is 6.40. The number of hydrogen-bond donors (Lipinski definition) is 0. The number of fused-ring (bicyclic) bond motifs is 1. The molecule has 1 aliphatic heterocycles. The van der Waals surface area contributed by atoms with Gasteiger partial charge in [0.25, 0.3) is 0 Å². The van der Waals surface area contributed by atoms with Crippen LogP contribution in [0.2, 0.25) is 5.02 Å². The summed E-state index contributed by atoms with van der Waals surface area (Å²) in [6.07, 6.45) is 7.27. The summed E-state index contributed by atoms with van der Waals surface area (Å²) in [6.45, 7) is 6.45. The summed E-state index contributed by atoms with van der Waals surface area (Å²) in [6, 6.07) is 3.62. The molecule has 0 bridgehead atoms. The number of rotatable bonds is 6. The molecule has 2 aliphatic rings. The minimum atomic E-state index is -0.419. The molecule has 0 radical (unpaired) electrons. The summed E-state index contributed by atoms with van der Waals surface area (Å²) in [5, 5.41) is 0.399. The maximum Gasteiger partial charge on any atom is 0.339 e. The van der Waals surface area contributed by atoms with E-state index in [2.05, 4.69) is 13.8 Å². The second-order valence-electron chi connectivity index (χ2n) is 8.65. The van der Waals surface area contributed by atoms with Gasteiger partial charge in [-0.15, -0.1) is 0 Å². The minimum absolute atomic E-state index is 0.145. The van der Waals surface area contributed by atoms with Gasteiger partial charge in [0.15, 0.2) is 0 Å². The molecule has 3 rings (SSSR count). The molecule has 5 heteroatoms. The molecule has 0 saturated heterocycles. The Morgan fingerprint density at radius 1 is 1.21 bits per heavy atom. The monoisotopic (exact) mass is 403 g/mol. The van der Waals surface area contributed by atoms with Crippen LogP contribution in [0.1, 0.15) is 87.2 Å². The Morgan fingerprint density at radius 2 is 1.93 bits per heavy atom. The third kappa shape index (κ3) is 4.83. The lowest BCUT2D eigenvalue weighted by Gasteiger charge is -2.30. The normalized spacial score (nSPS) is 18.9. The first-order chi connectivity index (χ1) is 13.3. The first kappa shape index (κ1) is 21.0. The molecule has 0 spiro atoms. The average molecular weight is 404 g/mol. The van der Waals surface area contributed by atoms with Crippen molar-refractivity contribution in [1.82, 2.24) is 0 Å². The van der Waals surface area contributed by atoms with Crippen LogP contribution in [0, 0.1) is 5.92 Å². The number of hydrogen-bond acceptors (Lipinski definition) is 4. The van der Waals surface area contributed by atoms with E-state index in [1.54, 1.807) is 6.07 Å². The number of Topliss-reactive ketones (excluding diaryl/α,β-unsaturated/α-hetero) is 1. The van der Waals surface area contributed by atoms with Crippen LogP contribution >= 0.6 is 11.6 Å². The molecule has 0 unspecified atom stereocenters. The number of ketones is 1. The van der Waals surface area contributed by atoms with E-state index in [1.807, 2.05) is 13.0 Å². The van der Waals surface area contributed by atoms with Crippen LogP contribution in [0.15, 0.2) is 17.1 Å². The molecule has 1 saturated carbocycles. The average Bonchev–Trinajstić information content (AvgIpc) is 2.65. The predicted molar refractivity (Wildman–Crippen MR) is 113 cm³/mol. The van der Waals surface area contributed by atoms with Crippen LogP contribution in [-0.2, 0) is 16.0 Å². The van der Waals surface area contributed by atoms with Gasteiger partial charge in [-0.3, -0.25) is 9.79 Å². The highest BCUT2D eigenvalue weighted by Crippen LogP contribution is 2.33. The Hall–Kier alpha value is -1.68. The van der Waals surface area contributed by atoms with Crippen molar-refractivity contribution in [2.75, 3.05) is 6.61 Å². The van der Waals surface area contributed by atoms with E-state index >= 15 is 0 Å². The lowest BCUT2D eigenvalue weighted by atomic mass is 9.81. The largest absolute Gasteiger partial charge is 0.462 e. The van der Waals surface area contributed by atoms with Crippen molar-refractivity contribution < 1.29 is 14.3 Å². The number of halogens is 1. The van der Waals surface area contributed by atoms with Gasteiger partial charge in [0.05, 0.1) is 28.4 Å². The SMILES string of the molecule is CCCOC(=O)c1cc2c(cc1Cl)CC(C)(C)N=C2CC(=O)C1CCCCC1. The van der Waals surface area contributed by atoms with Gasteiger partial charge in [-0.25, -0.2) is 4.79 Å². The molecule has 1 aliphatic carbocycles. The number of benzene rings is 1. The fraction of sp³-hybridized carbons (Fsp3) is 0.609. The molecule has 4 nitrogen and oxygen atoms in total. The van der Waals surface area contributed by atoms with Gasteiger partial charge in [0.1, 0.15) is 5.78 Å². The maximum atomic E-state index is 12.9. The number of nitrogens with zero attached hydrogens (tertiary/aromatic N) is 1. The van der Waals surface area contributed by atoms with E-state index < -0.39 is 5.97 Å². The van der Waals surface area contributed by atoms with Gasteiger partial charge < -0.3 is 4.74 Å². The first-order valence-electron chi connectivity index (χ1n) is 10.4. The fourth-order valence-electron chi connectivity index (χ4n) is 4.26. The Balaban J connectivity index is 1.91. The van der Waals surface area contributed by atoms with Gasteiger partial charge in [-0.2, -0.15) is 0 Å². The van der Waals surface area contributed by atoms with E-state index in [0.717, 1.165) is 55.4 Å². The molecule has 152 valence electrons. The van der Waals surface area contributed by atoms with Crippen LogP contribution in [0.5, 0.6) is 0 Å². The standard InChI is InChI=1S/C23H30ClNO3/c1-4-10-28-22(27)18-12-17-16(11-19(18)24)14-23(2,3)25-20(17)13-21(26)15-8-6-5-7-9-15/h11-12,15H,4-10,13-14H2,1-3H3. The van der Waals surface area contributed by atoms with E-state index in [9.17, 15) is 9.59 Å². The first-order valence-corrected chi connectivity index (χ1v) is 10.8. The van der Waals surface area contributed by atoms with E-state index in [-0.39, 0.29) is 17.2 Å². The number of carbonyl (C=O) groups is 2. The molecule has 0 atom stereocenters. The maximum absolute atomic E-state index is 12.9. The zero-order chi connectivity index (χ0) is 20.3. The molecule has 1 aromatic carbocycles. The van der Waals surface area contributed by atoms with Gasteiger partial charge in [-0.05, 0) is 57.2 Å². The zero-order valence-corrected chi connectivity index (χ0v) is 17.9. The quantitative estimate of drug-likeness (QED) is 0.583. The van der Waals surface area contributed by atoms with Crippen molar-refractivity contribution in [2.45, 2.75) is 77.7 Å². The molecule has 0 amide bonds. The minimum Gasteiger partial charge on any atom is -0.462 e. The Morgan fingerprint density at radius 3 is 2.61 bits per heavy atom. The second kappa shape index (κ2) is 8.77. The predicted octanol–water partition coefficient (Wildman–Crippen LogP) is 5.57. The Bertz CT molecular complexity index is 791. The molecule has 1 heterocycles. The summed E-state index contributed by atoms with van der Waals surface area (Å²) in [7, 11) is 0. The summed E-state index contributed by atoms with van der Waals surface area (Å²) in [5.41, 5.74) is 2.76. The van der Waals surface area contributed by atoms with E-state index in [4.69, 9.17) is 21.3 Å². The summed E-state index contributed by atoms with van der Waals surface area (Å²) in [4.78, 5) is 30.2. The van der Waals surface area contributed by atoms with Crippen molar-refractivity contribution in [3.8, 4) is 0 Å². The van der Waals surface area contributed by atoms with Crippen molar-refractivity contribution in [1.29, 1.82) is 0 Å². The van der Waals surface area contributed by atoms with E-state index in [1.165, 1.54) is 6.42 Å². The molecular formula is C23H30ClNO3. The van der Waals surface area contributed by atoms with Gasteiger partial charge in [0.2, 0.25) is 0 Å². The number of carbonyl (C=O) groups excluding carboxylic acids is 2. The van der Waals surface area contributed by atoms with Crippen LogP contribution in [0.25, 0.3) is 0 Å². The highest BCUT2D eigenvalue weighted by atomic mass is 35.5. The highest BCUT2D eigenvalue weighted by Gasteiger charge is 2.31. The van der Waals surface area contributed by atoms with Crippen molar-refractivity contribution >= 4 is 29.1 Å². The van der Waals surface area contributed by atoms with Crippen molar-refractivity contribution in [3.05, 3.63) is 33.8 Å². The van der Waals surface area contributed by atoms with Gasteiger partial charge in [0, 0.05) is 17.9 Å². The van der Waals surface area contributed by atoms with Crippen molar-refractivity contribution in [3.63, 3.8) is 0 Å². The van der Waals surface area contributed by atoms with E-state index in [0.29, 0.717) is 23.6 Å². The van der Waals surface area contributed by atoms with Crippen LogP contribution in [0.4, 0.5) is 0 Å². The lowest BCUT2D eigenvalue weighted by Crippen LogP contribution is -2.31. The number of aliphatic imine (C=N–C) groups is 1. The van der Waals surface area contributed by atoms with Crippen LogP contribution in [0.3, 0.4) is 0 Å². The van der Waals surface area contributed by atoms with Crippen molar-refractivity contribution in [2.24, 2.45) is 10.9 Å². The molecule has 0 aromatic heterocycles. The fourth-order valence-corrected chi connectivity index (χ4v) is 4.52. The third-order valence-corrected chi connectivity index (χ3v) is 5.94. The second-order valence-corrected chi connectivity index (χ2v) is 9.06. The number of ether oxygens (including phenoxy) is 1. The molecule has 0 N–H and O–H groups in total. The third-order valence-electron chi connectivity index (χ3n) is 5.62. The summed E-state index contributed by atoms with van der Waals surface area (Å²) in [5.74, 6) is -0.00386. The van der Waals surface area contributed by atoms with Crippen LogP contribution in [-0.4, -0.2) is 29.6 Å². The molecule has 28 heavy (non-hydrogen) atoms. The Labute approximate surface area is 172 Å². The van der Waals surface area contributed by atoms with Gasteiger partial charge >= 0.3 is 5.97 Å². The molecular weight excluding hydrogens is 374 g/mol. The van der Waals surface area contributed by atoms with Gasteiger partial charge in [-0.1, -0.05) is 37.8 Å². The molecule has 1 aromatic rings. The van der Waals surface area contributed by atoms with Crippen LogP contribution < -0.4 is 0 Å². The number of esters is 1. The Kier molecular flexibility index (Phi) is 6.59. The topological polar surface area (TPSA) is 55.7 Å².